The zero-order valence-electron chi connectivity index (χ0n) is 14.9. The number of aromatic nitrogens is 5. The molecule has 4 rings (SSSR count). The molecule has 1 saturated heterocycles. The van der Waals surface area contributed by atoms with Gasteiger partial charge in [0.25, 0.3) is 11.5 Å². The first kappa shape index (κ1) is 17.0. The quantitative estimate of drug-likeness (QED) is 0.751. The van der Waals surface area contributed by atoms with Crippen molar-refractivity contribution in [2.45, 2.75) is 26.2 Å². The summed E-state index contributed by atoms with van der Waals surface area (Å²) in [5.74, 6) is 0.539. The van der Waals surface area contributed by atoms with Crippen LogP contribution < -0.4 is 5.56 Å². The fourth-order valence-corrected chi connectivity index (χ4v) is 3.50. The summed E-state index contributed by atoms with van der Waals surface area (Å²) in [6.07, 6.45) is 5.42. The predicted molar refractivity (Wildman–Crippen MR) is 96.5 cm³/mol. The van der Waals surface area contributed by atoms with Crippen LogP contribution in [0.3, 0.4) is 0 Å². The second-order valence-corrected chi connectivity index (χ2v) is 6.77. The number of hydrogen-bond donors (Lipinski definition) is 1. The van der Waals surface area contributed by atoms with Crippen LogP contribution in [0, 0.1) is 24.2 Å². The smallest absolute Gasteiger partial charge is 0.276 e. The summed E-state index contributed by atoms with van der Waals surface area (Å²) in [7, 11) is 0. The Bertz CT molecular complexity index is 1090. The Balaban J connectivity index is 1.59. The van der Waals surface area contributed by atoms with Crippen LogP contribution in [0.15, 0.2) is 29.3 Å². The van der Waals surface area contributed by atoms with E-state index >= 15 is 0 Å². The molecule has 138 valence electrons. The largest absolute Gasteiger partial charge is 0.339 e. The summed E-state index contributed by atoms with van der Waals surface area (Å²) in [6, 6.07) is 5.62. The van der Waals surface area contributed by atoms with Crippen molar-refractivity contribution in [3.8, 4) is 12.0 Å². The van der Waals surface area contributed by atoms with Crippen molar-refractivity contribution in [1.82, 2.24) is 29.3 Å². The van der Waals surface area contributed by atoms with Gasteiger partial charge in [-0.3, -0.25) is 14.6 Å². The lowest BCUT2D eigenvalue weighted by Crippen LogP contribution is -2.38. The number of carbonyl (C=O) groups excluding carboxylic acids is 1. The van der Waals surface area contributed by atoms with E-state index in [2.05, 4.69) is 21.3 Å². The van der Waals surface area contributed by atoms with Gasteiger partial charge >= 0.3 is 0 Å². The third-order valence-electron chi connectivity index (χ3n) is 5.11. The summed E-state index contributed by atoms with van der Waals surface area (Å²) < 4.78 is 2.95. The summed E-state index contributed by atoms with van der Waals surface area (Å²) in [5.41, 5.74) is 1.28. The number of rotatable bonds is 3. The van der Waals surface area contributed by atoms with Gasteiger partial charge < -0.3 is 4.90 Å². The van der Waals surface area contributed by atoms with Gasteiger partial charge in [0.15, 0.2) is 0 Å². The normalized spacial score (nSPS) is 15.2. The van der Waals surface area contributed by atoms with Crippen molar-refractivity contribution in [2.75, 3.05) is 13.1 Å². The standard InChI is InChI=1S/C18H19N7O2/c1-12-14(17(27)23-9-5-13(4-7-19)6-10-23)11-20-25(12)18-21-16(26)15-3-2-8-24(15)22-18/h2-3,8,11,13H,4-6,9-10H2,1H3,(H,21,22,26). The van der Waals surface area contributed by atoms with Gasteiger partial charge in [-0.2, -0.15) is 10.4 Å². The van der Waals surface area contributed by atoms with Gasteiger partial charge in [0.05, 0.1) is 23.5 Å². The molecule has 3 aromatic heterocycles. The van der Waals surface area contributed by atoms with Gasteiger partial charge in [-0.15, -0.1) is 5.10 Å². The number of nitriles is 1. The third-order valence-corrected chi connectivity index (χ3v) is 5.11. The molecule has 0 spiro atoms. The third kappa shape index (κ3) is 2.99. The lowest BCUT2D eigenvalue weighted by atomic mass is 9.94. The monoisotopic (exact) mass is 365 g/mol. The zero-order chi connectivity index (χ0) is 19.0. The molecule has 0 bridgehead atoms. The van der Waals surface area contributed by atoms with Crippen LogP contribution in [0.2, 0.25) is 0 Å². The Morgan fingerprint density at radius 1 is 1.41 bits per heavy atom. The molecule has 1 N–H and O–H groups in total. The molecule has 0 aliphatic carbocycles. The first-order valence-electron chi connectivity index (χ1n) is 8.87. The van der Waals surface area contributed by atoms with E-state index in [1.807, 2.05) is 0 Å². The lowest BCUT2D eigenvalue weighted by molar-refractivity contribution is 0.0691. The maximum atomic E-state index is 12.9. The summed E-state index contributed by atoms with van der Waals surface area (Å²) in [4.78, 5) is 29.5. The zero-order valence-corrected chi connectivity index (χ0v) is 14.9. The molecule has 9 heteroatoms. The van der Waals surface area contributed by atoms with E-state index in [4.69, 9.17) is 5.26 Å². The van der Waals surface area contributed by atoms with Gasteiger partial charge in [0.1, 0.15) is 5.52 Å². The van der Waals surface area contributed by atoms with E-state index in [0.29, 0.717) is 42.2 Å². The van der Waals surface area contributed by atoms with Crippen molar-refractivity contribution in [3.05, 3.63) is 46.1 Å². The molecule has 1 fully saturated rings. The molecule has 0 unspecified atom stereocenters. The molecule has 27 heavy (non-hydrogen) atoms. The second-order valence-electron chi connectivity index (χ2n) is 6.77. The number of likely N-dealkylation sites (tertiary alicyclic amines) is 1. The topological polar surface area (TPSA) is 112 Å². The molecule has 9 nitrogen and oxygen atoms in total. The predicted octanol–water partition coefficient (Wildman–Crippen LogP) is 1.28. The molecule has 1 aliphatic rings. The SMILES string of the molecule is Cc1c(C(=O)N2CCC(CC#N)CC2)cnn1-c1nn2cccc2c(=O)[nH]1. The van der Waals surface area contributed by atoms with Crippen LogP contribution in [0.25, 0.3) is 11.5 Å². The van der Waals surface area contributed by atoms with Crippen molar-refractivity contribution in [3.63, 3.8) is 0 Å². The Kier molecular flexibility index (Phi) is 4.24. The van der Waals surface area contributed by atoms with Gasteiger partial charge in [0, 0.05) is 25.7 Å². The van der Waals surface area contributed by atoms with Crippen LogP contribution >= 0.6 is 0 Å². The van der Waals surface area contributed by atoms with Gasteiger partial charge in [-0.05, 0) is 37.8 Å². The van der Waals surface area contributed by atoms with Crippen LogP contribution in [0.5, 0.6) is 0 Å². The maximum absolute atomic E-state index is 12.9. The number of amides is 1. The minimum absolute atomic E-state index is 0.0847. The molecule has 0 radical (unpaired) electrons. The fraction of sp³-hybridized carbons (Fsp3) is 0.389. The Hall–Kier alpha value is -3.41. The van der Waals surface area contributed by atoms with Gasteiger partial charge in [-0.1, -0.05) is 0 Å². The van der Waals surface area contributed by atoms with Crippen LogP contribution in [-0.4, -0.2) is 48.3 Å². The molecular weight excluding hydrogens is 346 g/mol. The van der Waals surface area contributed by atoms with E-state index < -0.39 is 0 Å². The highest BCUT2D eigenvalue weighted by molar-refractivity contribution is 5.95. The Labute approximate surface area is 154 Å². The number of fused-ring (bicyclic) bond motifs is 1. The Morgan fingerprint density at radius 3 is 2.93 bits per heavy atom. The molecule has 4 heterocycles. The van der Waals surface area contributed by atoms with Gasteiger partial charge in [0.2, 0.25) is 5.95 Å². The Morgan fingerprint density at radius 2 is 2.19 bits per heavy atom. The summed E-state index contributed by atoms with van der Waals surface area (Å²) >= 11 is 0. The van der Waals surface area contributed by atoms with Crippen molar-refractivity contribution in [1.29, 1.82) is 5.26 Å². The average Bonchev–Trinajstić information content (AvgIpc) is 3.29. The first-order valence-corrected chi connectivity index (χ1v) is 8.87. The molecule has 0 aromatic carbocycles. The fourth-order valence-electron chi connectivity index (χ4n) is 3.50. The van der Waals surface area contributed by atoms with E-state index in [1.165, 1.54) is 15.4 Å². The molecule has 3 aromatic rings. The van der Waals surface area contributed by atoms with Crippen molar-refractivity contribution >= 4 is 11.4 Å². The van der Waals surface area contributed by atoms with Crippen LogP contribution in [-0.2, 0) is 0 Å². The highest BCUT2D eigenvalue weighted by Crippen LogP contribution is 2.22. The highest BCUT2D eigenvalue weighted by Gasteiger charge is 2.26. The molecule has 1 aliphatic heterocycles. The minimum Gasteiger partial charge on any atom is -0.339 e. The number of hydrogen-bond acceptors (Lipinski definition) is 5. The number of nitrogens with one attached hydrogen (secondary N) is 1. The molecule has 0 saturated carbocycles. The first-order chi connectivity index (χ1) is 13.1. The maximum Gasteiger partial charge on any atom is 0.276 e. The number of carbonyl (C=O) groups is 1. The van der Waals surface area contributed by atoms with E-state index in [1.54, 1.807) is 30.2 Å². The number of H-pyrrole nitrogens is 1. The van der Waals surface area contributed by atoms with E-state index in [-0.39, 0.29) is 17.4 Å². The van der Waals surface area contributed by atoms with Crippen molar-refractivity contribution in [2.24, 2.45) is 5.92 Å². The van der Waals surface area contributed by atoms with E-state index in [0.717, 1.165) is 12.8 Å². The molecule has 1 amide bonds. The average molecular weight is 365 g/mol. The summed E-state index contributed by atoms with van der Waals surface area (Å²) in [5, 5.41) is 17.4. The van der Waals surface area contributed by atoms with Crippen LogP contribution in [0.4, 0.5) is 0 Å². The number of aromatic amines is 1. The van der Waals surface area contributed by atoms with Gasteiger partial charge in [-0.25, -0.2) is 9.20 Å². The highest BCUT2D eigenvalue weighted by atomic mass is 16.2. The lowest BCUT2D eigenvalue weighted by Gasteiger charge is -2.30. The van der Waals surface area contributed by atoms with Crippen molar-refractivity contribution < 1.29 is 4.79 Å². The number of piperidine rings is 1. The van der Waals surface area contributed by atoms with Crippen LogP contribution in [0.1, 0.15) is 35.3 Å². The van der Waals surface area contributed by atoms with E-state index in [9.17, 15) is 9.59 Å². The second kappa shape index (κ2) is 6.72. The molecular formula is C18H19N7O2. The minimum atomic E-state index is -0.271. The number of nitrogens with zero attached hydrogens (tertiary/aromatic N) is 6. The summed E-state index contributed by atoms with van der Waals surface area (Å²) in [6.45, 7) is 3.06. The molecule has 0 atom stereocenters.